The molecule has 4 nitrogen and oxygen atoms in total. The molecule has 2 aliphatic rings. The Morgan fingerprint density at radius 2 is 2.09 bits per heavy atom. The van der Waals surface area contributed by atoms with Gasteiger partial charge in [0.2, 0.25) is 0 Å². The van der Waals surface area contributed by atoms with Crippen molar-refractivity contribution in [2.24, 2.45) is 11.3 Å². The molecule has 0 aromatic heterocycles. The summed E-state index contributed by atoms with van der Waals surface area (Å²) in [6.07, 6.45) is 2.44. The highest BCUT2D eigenvalue weighted by Crippen LogP contribution is 2.58. The van der Waals surface area contributed by atoms with Crippen LogP contribution in [0.15, 0.2) is 29.8 Å². The minimum absolute atomic E-state index is 0.114. The Kier molecular flexibility index (Phi) is 3.52. The average Bonchev–Trinajstić information content (AvgIpc) is 2.47. The Morgan fingerprint density at radius 1 is 1.39 bits per heavy atom. The van der Waals surface area contributed by atoms with Gasteiger partial charge in [0.05, 0.1) is 11.7 Å². The topological polar surface area (TPSA) is 66.8 Å². The van der Waals surface area contributed by atoms with Crippen LogP contribution in [-0.4, -0.2) is 21.8 Å². The second kappa shape index (κ2) is 5.06. The second-order valence-corrected chi connectivity index (χ2v) is 7.11. The van der Waals surface area contributed by atoms with Gasteiger partial charge in [-0.1, -0.05) is 17.7 Å². The van der Waals surface area contributed by atoms with Crippen LogP contribution in [0.2, 0.25) is 0 Å². The van der Waals surface area contributed by atoms with E-state index >= 15 is 0 Å². The average molecular weight is 320 g/mol. The van der Waals surface area contributed by atoms with E-state index in [0.29, 0.717) is 18.4 Å². The summed E-state index contributed by atoms with van der Waals surface area (Å²) in [5, 5.41) is 19.2. The first-order valence-electron chi connectivity index (χ1n) is 7.74. The van der Waals surface area contributed by atoms with Crippen molar-refractivity contribution >= 4 is 5.97 Å². The normalized spacial score (nSPS) is 32.3. The fourth-order valence-corrected chi connectivity index (χ4v) is 3.89. The van der Waals surface area contributed by atoms with Crippen molar-refractivity contribution in [2.45, 2.75) is 45.3 Å². The molecule has 3 atom stereocenters. The maximum Gasteiger partial charge on any atom is 0.312 e. The first kappa shape index (κ1) is 16.0. The van der Waals surface area contributed by atoms with Crippen molar-refractivity contribution in [2.75, 3.05) is 0 Å². The molecule has 1 aromatic carbocycles. The summed E-state index contributed by atoms with van der Waals surface area (Å²) in [4.78, 5) is 11.9. The molecule has 1 fully saturated rings. The molecule has 2 bridgehead atoms. The summed E-state index contributed by atoms with van der Waals surface area (Å²) < 4.78 is 19.9. The van der Waals surface area contributed by atoms with Crippen LogP contribution >= 0.6 is 0 Å². The summed E-state index contributed by atoms with van der Waals surface area (Å²) in [5.41, 5.74) is -0.169. The molecule has 0 saturated carbocycles. The highest BCUT2D eigenvalue weighted by molar-refractivity contribution is 5.77. The van der Waals surface area contributed by atoms with Crippen molar-refractivity contribution in [1.29, 1.82) is 0 Å². The van der Waals surface area contributed by atoms with Gasteiger partial charge < -0.3 is 14.9 Å². The molecule has 2 N–H and O–H groups in total. The zero-order valence-corrected chi connectivity index (χ0v) is 13.5. The Morgan fingerprint density at radius 3 is 2.70 bits per heavy atom. The molecule has 23 heavy (non-hydrogen) atoms. The number of aromatic hydroxyl groups is 1. The molecule has 1 heterocycles. The Balaban J connectivity index is 2.08. The van der Waals surface area contributed by atoms with Crippen LogP contribution in [0.3, 0.4) is 0 Å². The van der Waals surface area contributed by atoms with Crippen LogP contribution in [0.1, 0.15) is 45.3 Å². The first-order chi connectivity index (χ1) is 10.7. The number of carbonyl (C=O) groups is 1. The number of aliphatic carboxylic acids is 1. The SMILES string of the molecule is CC1=CCC2(C(=O)O)CC1C(c1ccc(O)c(F)c1)OC2(C)C. The van der Waals surface area contributed by atoms with Gasteiger partial charge in [0, 0.05) is 5.92 Å². The zero-order chi connectivity index (χ0) is 17.0. The van der Waals surface area contributed by atoms with E-state index < -0.39 is 34.7 Å². The third kappa shape index (κ3) is 2.26. The summed E-state index contributed by atoms with van der Waals surface area (Å²) in [6.45, 7) is 5.53. The Hall–Kier alpha value is -1.88. The van der Waals surface area contributed by atoms with Crippen molar-refractivity contribution in [3.8, 4) is 5.75 Å². The summed E-state index contributed by atoms with van der Waals surface area (Å²) in [6, 6.07) is 4.21. The van der Waals surface area contributed by atoms with Gasteiger partial charge in [-0.3, -0.25) is 4.79 Å². The van der Waals surface area contributed by atoms with Gasteiger partial charge in [0.25, 0.3) is 0 Å². The van der Waals surface area contributed by atoms with E-state index in [9.17, 15) is 19.4 Å². The number of phenols is 1. The van der Waals surface area contributed by atoms with Crippen LogP contribution in [0, 0.1) is 17.2 Å². The standard InChI is InChI=1S/C18H21FO4/c1-10-6-7-18(16(21)22)9-12(10)15(23-17(18,2)3)11-4-5-14(20)13(19)8-11/h4-6,8,12,15,20H,7,9H2,1-3H3,(H,21,22). The molecule has 124 valence electrons. The summed E-state index contributed by atoms with van der Waals surface area (Å²) >= 11 is 0. The first-order valence-corrected chi connectivity index (χ1v) is 7.74. The van der Waals surface area contributed by atoms with Crippen molar-refractivity contribution in [1.82, 2.24) is 0 Å². The third-order valence-corrected chi connectivity index (χ3v) is 5.57. The lowest BCUT2D eigenvalue weighted by atomic mass is 9.58. The summed E-state index contributed by atoms with van der Waals surface area (Å²) in [7, 11) is 0. The number of carboxylic acid groups (broad SMARTS) is 1. The Labute approximate surface area is 134 Å². The van der Waals surface area contributed by atoms with Gasteiger partial charge in [-0.2, -0.15) is 0 Å². The van der Waals surface area contributed by atoms with Crippen LogP contribution in [0.4, 0.5) is 4.39 Å². The van der Waals surface area contributed by atoms with E-state index in [4.69, 9.17) is 4.74 Å². The number of fused-ring (bicyclic) bond motifs is 2. The number of rotatable bonds is 2. The fourth-order valence-electron chi connectivity index (χ4n) is 3.89. The lowest BCUT2D eigenvalue weighted by Crippen LogP contribution is -2.58. The molecule has 1 aliphatic carbocycles. The lowest BCUT2D eigenvalue weighted by molar-refractivity contribution is -0.222. The van der Waals surface area contributed by atoms with E-state index in [1.165, 1.54) is 12.1 Å². The zero-order valence-electron chi connectivity index (χ0n) is 13.5. The van der Waals surface area contributed by atoms with E-state index in [1.807, 2.05) is 13.0 Å². The third-order valence-electron chi connectivity index (χ3n) is 5.57. The number of carboxylic acids is 1. The molecule has 5 heteroatoms. The number of allylic oxidation sites excluding steroid dienone is 1. The predicted molar refractivity (Wildman–Crippen MR) is 82.5 cm³/mol. The molecular weight excluding hydrogens is 299 g/mol. The van der Waals surface area contributed by atoms with Crippen molar-refractivity contribution < 1.29 is 24.1 Å². The van der Waals surface area contributed by atoms with Gasteiger partial charge >= 0.3 is 5.97 Å². The molecule has 1 saturated heterocycles. The molecule has 3 unspecified atom stereocenters. The predicted octanol–water partition coefficient (Wildman–Crippen LogP) is 3.81. The van der Waals surface area contributed by atoms with Gasteiger partial charge in [0.1, 0.15) is 5.41 Å². The number of hydrogen-bond acceptors (Lipinski definition) is 3. The smallest absolute Gasteiger partial charge is 0.312 e. The molecular formula is C18H21FO4. The molecule has 1 aliphatic heterocycles. The Bertz CT molecular complexity index is 694. The molecule has 3 rings (SSSR count). The lowest BCUT2D eigenvalue weighted by Gasteiger charge is -2.55. The van der Waals surface area contributed by atoms with Gasteiger partial charge in [-0.05, 0) is 51.3 Å². The van der Waals surface area contributed by atoms with E-state index in [1.54, 1.807) is 19.9 Å². The summed E-state index contributed by atoms with van der Waals surface area (Å²) in [5.74, 6) is -2.07. The minimum atomic E-state index is -0.969. The van der Waals surface area contributed by atoms with Crippen molar-refractivity contribution in [3.63, 3.8) is 0 Å². The number of halogens is 1. The number of benzene rings is 1. The van der Waals surface area contributed by atoms with Gasteiger partial charge in [-0.25, -0.2) is 4.39 Å². The maximum absolute atomic E-state index is 13.7. The molecule has 0 radical (unpaired) electrons. The highest BCUT2D eigenvalue weighted by atomic mass is 19.1. The molecule has 0 spiro atoms. The van der Waals surface area contributed by atoms with E-state index in [2.05, 4.69) is 0 Å². The number of phenolic OH excluding ortho intramolecular Hbond substituents is 1. The molecule has 0 amide bonds. The van der Waals surface area contributed by atoms with Crippen LogP contribution < -0.4 is 0 Å². The largest absolute Gasteiger partial charge is 0.505 e. The van der Waals surface area contributed by atoms with E-state index in [0.717, 1.165) is 5.57 Å². The maximum atomic E-state index is 13.7. The fraction of sp³-hybridized carbons (Fsp3) is 0.500. The minimum Gasteiger partial charge on any atom is -0.505 e. The number of ether oxygens (including phenoxy) is 1. The van der Waals surface area contributed by atoms with Crippen LogP contribution in [0.25, 0.3) is 0 Å². The second-order valence-electron chi connectivity index (χ2n) is 7.11. The monoisotopic (exact) mass is 320 g/mol. The number of hydrogen-bond donors (Lipinski definition) is 2. The molecule has 1 aromatic rings. The van der Waals surface area contributed by atoms with Crippen LogP contribution in [-0.2, 0) is 9.53 Å². The van der Waals surface area contributed by atoms with Gasteiger partial charge in [-0.15, -0.1) is 0 Å². The quantitative estimate of drug-likeness (QED) is 0.813. The van der Waals surface area contributed by atoms with Gasteiger partial charge in [0.15, 0.2) is 11.6 Å². The van der Waals surface area contributed by atoms with Crippen LogP contribution in [0.5, 0.6) is 5.75 Å². The highest BCUT2D eigenvalue weighted by Gasteiger charge is 2.60. The van der Waals surface area contributed by atoms with E-state index in [-0.39, 0.29) is 5.92 Å². The van der Waals surface area contributed by atoms with Crippen molar-refractivity contribution in [3.05, 3.63) is 41.2 Å².